The summed E-state index contributed by atoms with van der Waals surface area (Å²) in [6.07, 6.45) is 8.22. The molecule has 2 aliphatic rings. The van der Waals surface area contributed by atoms with Gasteiger partial charge in [0, 0.05) is 6.54 Å². The van der Waals surface area contributed by atoms with Crippen LogP contribution in [0.5, 0.6) is 0 Å². The van der Waals surface area contributed by atoms with Gasteiger partial charge in [-0.1, -0.05) is 38.1 Å². The fraction of sp³-hybridized carbons (Fsp3) is 0.684. The highest BCUT2D eigenvalue weighted by molar-refractivity contribution is 5.34. The van der Waals surface area contributed by atoms with Crippen molar-refractivity contribution >= 4 is 0 Å². The highest BCUT2D eigenvalue weighted by Gasteiger charge is 2.29. The third kappa shape index (κ3) is 3.09. The lowest BCUT2D eigenvalue weighted by Crippen LogP contribution is -2.29. The summed E-state index contributed by atoms with van der Waals surface area (Å²) in [6.45, 7) is 7.24. The molecule has 1 saturated carbocycles. The molecular formula is C19H29N. The lowest BCUT2D eigenvalue weighted by atomic mass is 9.70. The molecule has 1 N–H and O–H groups in total. The number of rotatable bonds is 2. The lowest BCUT2D eigenvalue weighted by molar-refractivity contribution is 0.223. The predicted molar refractivity (Wildman–Crippen MR) is 86.3 cm³/mol. The fourth-order valence-electron chi connectivity index (χ4n) is 4.08. The van der Waals surface area contributed by atoms with Gasteiger partial charge in [-0.25, -0.2) is 0 Å². The Bertz CT molecular complexity index is 433. The van der Waals surface area contributed by atoms with Crippen LogP contribution in [0, 0.1) is 5.41 Å². The maximum Gasteiger partial charge on any atom is 0.00202 e. The first kappa shape index (κ1) is 14.1. The summed E-state index contributed by atoms with van der Waals surface area (Å²) in [6, 6.07) is 9.29. The molecule has 0 aromatic heterocycles. The highest BCUT2D eigenvalue weighted by atomic mass is 14.9. The molecule has 1 aromatic rings. The van der Waals surface area contributed by atoms with E-state index in [9.17, 15) is 0 Å². The van der Waals surface area contributed by atoms with Gasteiger partial charge < -0.3 is 5.32 Å². The summed E-state index contributed by atoms with van der Waals surface area (Å²) >= 11 is 0. The molecule has 1 aliphatic carbocycles. The van der Waals surface area contributed by atoms with Crippen LogP contribution in [-0.4, -0.2) is 13.1 Å². The Hall–Kier alpha value is -0.820. The molecule has 1 heteroatoms. The number of hydrogen-bond donors (Lipinski definition) is 1. The molecule has 20 heavy (non-hydrogen) atoms. The molecule has 3 rings (SSSR count). The minimum Gasteiger partial charge on any atom is -0.316 e. The summed E-state index contributed by atoms with van der Waals surface area (Å²) in [5.74, 6) is 1.55. The number of nitrogens with one attached hydrogen (secondary N) is 1. The van der Waals surface area contributed by atoms with E-state index in [2.05, 4.69) is 43.4 Å². The van der Waals surface area contributed by atoms with E-state index in [1.165, 1.54) is 51.6 Å². The van der Waals surface area contributed by atoms with Gasteiger partial charge in [0.2, 0.25) is 0 Å². The Morgan fingerprint density at radius 2 is 1.60 bits per heavy atom. The van der Waals surface area contributed by atoms with Crippen molar-refractivity contribution in [3.05, 3.63) is 35.4 Å². The van der Waals surface area contributed by atoms with Crippen LogP contribution in [0.1, 0.15) is 75.3 Å². The second-order valence-electron chi connectivity index (χ2n) is 7.61. The minimum absolute atomic E-state index is 0.567. The maximum atomic E-state index is 3.58. The number of hydrogen-bond acceptors (Lipinski definition) is 1. The summed E-state index contributed by atoms with van der Waals surface area (Å²) < 4.78 is 0. The fourth-order valence-corrected chi connectivity index (χ4v) is 4.08. The largest absolute Gasteiger partial charge is 0.316 e. The van der Waals surface area contributed by atoms with E-state index in [1.54, 1.807) is 11.1 Å². The Morgan fingerprint density at radius 3 is 2.20 bits per heavy atom. The maximum absolute atomic E-state index is 3.58. The smallest absolute Gasteiger partial charge is 0.00202 e. The van der Waals surface area contributed by atoms with Gasteiger partial charge >= 0.3 is 0 Å². The molecule has 1 heterocycles. The van der Waals surface area contributed by atoms with Crippen molar-refractivity contribution in [1.29, 1.82) is 0 Å². The van der Waals surface area contributed by atoms with Crippen LogP contribution in [0.3, 0.4) is 0 Å². The molecule has 0 spiro atoms. The number of piperidine rings is 1. The van der Waals surface area contributed by atoms with Crippen molar-refractivity contribution < 1.29 is 0 Å². The standard InChI is InChI=1S/C19H29N/c1-19(2)11-9-15(10-12-19)17-7-3-4-8-18(17)16-6-5-13-20-14-16/h3-4,7-8,15-16,20H,5-6,9-14H2,1-2H3. The lowest BCUT2D eigenvalue weighted by Gasteiger charge is -2.36. The van der Waals surface area contributed by atoms with E-state index >= 15 is 0 Å². The van der Waals surface area contributed by atoms with Gasteiger partial charge in [-0.2, -0.15) is 0 Å². The van der Waals surface area contributed by atoms with E-state index in [0.717, 1.165) is 11.8 Å². The Morgan fingerprint density at radius 1 is 0.950 bits per heavy atom. The van der Waals surface area contributed by atoms with Crippen LogP contribution >= 0.6 is 0 Å². The molecule has 1 atom stereocenters. The summed E-state index contributed by atoms with van der Waals surface area (Å²) in [5.41, 5.74) is 3.87. The van der Waals surface area contributed by atoms with Gasteiger partial charge in [0.1, 0.15) is 0 Å². The summed E-state index contributed by atoms with van der Waals surface area (Å²) in [7, 11) is 0. The summed E-state index contributed by atoms with van der Waals surface area (Å²) in [5, 5.41) is 3.58. The Balaban J connectivity index is 1.79. The van der Waals surface area contributed by atoms with Crippen molar-refractivity contribution in [3.8, 4) is 0 Å². The first-order chi connectivity index (χ1) is 9.66. The van der Waals surface area contributed by atoms with Crippen LogP contribution < -0.4 is 5.32 Å². The third-order valence-electron chi connectivity index (χ3n) is 5.51. The van der Waals surface area contributed by atoms with E-state index in [-0.39, 0.29) is 0 Å². The van der Waals surface area contributed by atoms with Crippen molar-refractivity contribution in [2.24, 2.45) is 5.41 Å². The van der Waals surface area contributed by atoms with Crippen molar-refractivity contribution in [3.63, 3.8) is 0 Å². The van der Waals surface area contributed by atoms with Gasteiger partial charge in [0.05, 0.1) is 0 Å². The topological polar surface area (TPSA) is 12.0 Å². The van der Waals surface area contributed by atoms with Gasteiger partial charge in [-0.15, -0.1) is 0 Å². The Labute approximate surface area is 124 Å². The van der Waals surface area contributed by atoms with Crippen molar-refractivity contribution in [2.45, 2.75) is 64.2 Å². The SMILES string of the molecule is CC1(C)CCC(c2ccccc2C2CCCNC2)CC1. The van der Waals surface area contributed by atoms with Gasteiger partial charge in [-0.3, -0.25) is 0 Å². The quantitative estimate of drug-likeness (QED) is 0.811. The number of benzene rings is 1. The zero-order valence-corrected chi connectivity index (χ0v) is 13.1. The van der Waals surface area contributed by atoms with Crippen LogP contribution in [-0.2, 0) is 0 Å². The zero-order valence-electron chi connectivity index (χ0n) is 13.1. The minimum atomic E-state index is 0.567. The average Bonchev–Trinajstić information content (AvgIpc) is 2.48. The first-order valence-electron chi connectivity index (χ1n) is 8.45. The molecule has 110 valence electrons. The molecule has 2 fully saturated rings. The molecule has 1 aromatic carbocycles. The van der Waals surface area contributed by atoms with Gasteiger partial charge in [0.15, 0.2) is 0 Å². The zero-order chi connectivity index (χ0) is 14.0. The van der Waals surface area contributed by atoms with E-state index in [4.69, 9.17) is 0 Å². The van der Waals surface area contributed by atoms with Crippen LogP contribution in [0.4, 0.5) is 0 Å². The molecule has 0 amide bonds. The van der Waals surface area contributed by atoms with Gasteiger partial charge in [0.25, 0.3) is 0 Å². The first-order valence-corrected chi connectivity index (χ1v) is 8.45. The molecule has 0 radical (unpaired) electrons. The molecule has 0 bridgehead atoms. The second kappa shape index (κ2) is 5.89. The highest BCUT2D eigenvalue weighted by Crippen LogP contribution is 2.44. The normalized spacial score (nSPS) is 27.4. The van der Waals surface area contributed by atoms with Gasteiger partial charge in [-0.05, 0) is 73.4 Å². The van der Waals surface area contributed by atoms with E-state index in [0.29, 0.717) is 5.41 Å². The molecule has 1 unspecified atom stereocenters. The van der Waals surface area contributed by atoms with Crippen LogP contribution in [0.25, 0.3) is 0 Å². The molecule has 1 nitrogen and oxygen atoms in total. The molecule has 1 saturated heterocycles. The van der Waals surface area contributed by atoms with Crippen LogP contribution in [0.2, 0.25) is 0 Å². The molecular weight excluding hydrogens is 242 g/mol. The Kier molecular flexibility index (Phi) is 4.16. The predicted octanol–water partition coefficient (Wildman–Crippen LogP) is 4.84. The van der Waals surface area contributed by atoms with Crippen molar-refractivity contribution in [1.82, 2.24) is 5.32 Å². The van der Waals surface area contributed by atoms with E-state index in [1.807, 2.05) is 0 Å². The average molecular weight is 271 g/mol. The van der Waals surface area contributed by atoms with E-state index < -0.39 is 0 Å². The van der Waals surface area contributed by atoms with Crippen LogP contribution in [0.15, 0.2) is 24.3 Å². The third-order valence-corrected chi connectivity index (χ3v) is 5.51. The second-order valence-corrected chi connectivity index (χ2v) is 7.61. The van der Waals surface area contributed by atoms with Crippen molar-refractivity contribution in [2.75, 3.05) is 13.1 Å². The summed E-state index contributed by atoms with van der Waals surface area (Å²) in [4.78, 5) is 0. The monoisotopic (exact) mass is 271 g/mol. The molecule has 1 aliphatic heterocycles.